The molecule has 0 aliphatic heterocycles. The fraction of sp³-hybridized carbons (Fsp3) is 0.500. The highest BCUT2D eigenvalue weighted by Crippen LogP contribution is 2.33. The Balaban J connectivity index is 2.71. The van der Waals surface area contributed by atoms with Crippen molar-refractivity contribution in [1.29, 1.82) is 0 Å². The molecule has 9 heteroatoms. The van der Waals surface area contributed by atoms with Gasteiger partial charge >= 0.3 is 6.18 Å². The largest absolute Gasteiger partial charge is 0.417 e. The molecule has 1 rings (SSSR count). The first kappa shape index (κ1) is 17.9. The summed E-state index contributed by atoms with van der Waals surface area (Å²) in [5.74, 6) is 0. The van der Waals surface area contributed by atoms with E-state index in [4.69, 9.17) is 10.5 Å². The Bertz CT molecular complexity index is 547. The number of ether oxygens (including phenoxy) is 1. The van der Waals surface area contributed by atoms with Gasteiger partial charge in [0.05, 0.1) is 17.1 Å². The lowest BCUT2D eigenvalue weighted by Crippen LogP contribution is -2.28. The van der Waals surface area contributed by atoms with Gasteiger partial charge in [-0.3, -0.25) is 0 Å². The first-order chi connectivity index (χ1) is 9.79. The zero-order chi connectivity index (χ0) is 15.9. The Morgan fingerprint density at radius 1 is 1.19 bits per heavy atom. The maximum atomic E-state index is 12.8. The fourth-order valence-corrected chi connectivity index (χ4v) is 2.88. The molecule has 0 amide bonds. The Labute approximate surface area is 121 Å². The first-order valence-corrected chi connectivity index (χ1v) is 7.71. The minimum Gasteiger partial charge on any atom is -0.380 e. The number of benzene rings is 1. The second kappa shape index (κ2) is 7.74. The smallest absolute Gasteiger partial charge is 0.380 e. The van der Waals surface area contributed by atoms with E-state index in [1.165, 1.54) is 6.07 Å². The van der Waals surface area contributed by atoms with Crippen LogP contribution in [-0.2, 0) is 20.9 Å². The summed E-state index contributed by atoms with van der Waals surface area (Å²) in [7, 11) is -4.22. The van der Waals surface area contributed by atoms with Crippen molar-refractivity contribution in [2.24, 2.45) is 5.73 Å². The summed E-state index contributed by atoms with van der Waals surface area (Å²) in [5, 5.41) is 0. The van der Waals surface area contributed by atoms with Crippen LogP contribution in [0.1, 0.15) is 12.0 Å². The number of alkyl halides is 3. The fourth-order valence-electron chi connectivity index (χ4n) is 1.58. The molecule has 0 heterocycles. The average Bonchev–Trinajstić information content (AvgIpc) is 2.42. The standard InChI is InChI=1S/C12H17F3N2O3S/c13-12(14,15)10-4-1-2-5-11(10)21(18,19)17-7-3-8-20-9-6-16/h1-2,4-5,17H,3,6-9,16H2. The minimum absolute atomic E-state index is 0.0148. The van der Waals surface area contributed by atoms with Crippen molar-refractivity contribution in [3.63, 3.8) is 0 Å². The highest BCUT2D eigenvalue weighted by Gasteiger charge is 2.36. The number of nitrogens with one attached hydrogen (secondary N) is 1. The van der Waals surface area contributed by atoms with Crippen molar-refractivity contribution in [2.75, 3.05) is 26.3 Å². The molecule has 21 heavy (non-hydrogen) atoms. The van der Waals surface area contributed by atoms with Crippen molar-refractivity contribution in [3.05, 3.63) is 29.8 Å². The van der Waals surface area contributed by atoms with E-state index < -0.39 is 26.7 Å². The first-order valence-electron chi connectivity index (χ1n) is 6.23. The third-order valence-electron chi connectivity index (χ3n) is 2.50. The van der Waals surface area contributed by atoms with Gasteiger partial charge in [-0.05, 0) is 18.6 Å². The Morgan fingerprint density at radius 2 is 1.86 bits per heavy atom. The quantitative estimate of drug-likeness (QED) is 0.707. The molecule has 0 saturated heterocycles. The molecular formula is C12H17F3N2O3S. The van der Waals surface area contributed by atoms with Crippen LogP contribution in [0.5, 0.6) is 0 Å². The molecule has 120 valence electrons. The lowest BCUT2D eigenvalue weighted by atomic mass is 10.2. The van der Waals surface area contributed by atoms with Crippen LogP contribution in [0, 0.1) is 0 Å². The van der Waals surface area contributed by atoms with Crippen LogP contribution in [-0.4, -0.2) is 34.7 Å². The highest BCUT2D eigenvalue weighted by molar-refractivity contribution is 7.89. The molecular weight excluding hydrogens is 309 g/mol. The summed E-state index contributed by atoms with van der Waals surface area (Å²) in [4.78, 5) is -0.777. The Hall–Kier alpha value is -1.16. The topological polar surface area (TPSA) is 81.4 Å². The van der Waals surface area contributed by atoms with Crippen LogP contribution in [0.25, 0.3) is 0 Å². The average molecular weight is 326 g/mol. The SMILES string of the molecule is NCCOCCCNS(=O)(=O)c1ccccc1C(F)(F)F. The number of hydrogen-bond acceptors (Lipinski definition) is 4. The summed E-state index contributed by atoms with van der Waals surface area (Å²) in [6, 6.07) is 4.05. The van der Waals surface area contributed by atoms with Gasteiger partial charge < -0.3 is 10.5 Å². The molecule has 0 aliphatic rings. The third kappa shape index (κ3) is 5.62. The zero-order valence-electron chi connectivity index (χ0n) is 11.2. The number of sulfonamides is 1. The van der Waals surface area contributed by atoms with E-state index in [-0.39, 0.29) is 13.2 Å². The van der Waals surface area contributed by atoms with Gasteiger partial charge in [-0.2, -0.15) is 13.2 Å². The van der Waals surface area contributed by atoms with Gasteiger partial charge in [-0.25, -0.2) is 13.1 Å². The maximum absolute atomic E-state index is 12.8. The summed E-state index contributed by atoms with van der Waals surface area (Å²) in [5.41, 5.74) is 4.02. The Kier molecular flexibility index (Phi) is 6.59. The summed E-state index contributed by atoms with van der Waals surface area (Å²) < 4.78 is 69.3. The van der Waals surface area contributed by atoms with Gasteiger partial charge in [0, 0.05) is 19.7 Å². The van der Waals surface area contributed by atoms with E-state index in [0.29, 0.717) is 19.6 Å². The molecule has 0 aromatic heterocycles. The highest BCUT2D eigenvalue weighted by atomic mass is 32.2. The van der Waals surface area contributed by atoms with Crippen LogP contribution in [0.2, 0.25) is 0 Å². The Morgan fingerprint density at radius 3 is 2.48 bits per heavy atom. The summed E-state index contributed by atoms with van der Waals surface area (Å²) >= 11 is 0. The van der Waals surface area contributed by atoms with Gasteiger partial charge in [-0.15, -0.1) is 0 Å². The van der Waals surface area contributed by atoms with E-state index in [9.17, 15) is 21.6 Å². The molecule has 0 bridgehead atoms. The molecule has 0 atom stereocenters. The lowest BCUT2D eigenvalue weighted by Gasteiger charge is -2.13. The molecule has 1 aromatic rings. The monoisotopic (exact) mass is 326 g/mol. The van der Waals surface area contributed by atoms with Crippen LogP contribution in [0.4, 0.5) is 13.2 Å². The van der Waals surface area contributed by atoms with Crippen molar-refractivity contribution >= 4 is 10.0 Å². The molecule has 0 saturated carbocycles. The van der Waals surface area contributed by atoms with Crippen molar-refractivity contribution in [1.82, 2.24) is 4.72 Å². The molecule has 0 radical (unpaired) electrons. The van der Waals surface area contributed by atoms with E-state index in [1.54, 1.807) is 0 Å². The molecule has 0 unspecified atom stereocenters. The molecule has 1 aromatic carbocycles. The summed E-state index contributed by atoms with van der Waals surface area (Å²) in [6.45, 7) is 0.966. The number of halogens is 3. The lowest BCUT2D eigenvalue weighted by molar-refractivity contribution is -0.139. The van der Waals surface area contributed by atoms with Gasteiger partial charge in [0.25, 0.3) is 0 Å². The molecule has 0 fully saturated rings. The molecule has 5 nitrogen and oxygen atoms in total. The predicted octanol–water partition coefficient (Wildman–Crippen LogP) is 1.35. The van der Waals surface area contributed by atoms with E-state index in [2.05, 4.69) is 4.72 Å². The zero-order valence-corrected chi connectivity index (χ0v) is 12.0. The van der Waals surface area contributed by atoms with E-state index >= 15 is 0 Å². The van der Waals surface area contributed by atoms with Crippen molar-refractivity contribution in [2.45, 2.75) is 17.5 Å². The van der Waals surface area contributed by atoms with Crippen LogP contribution >= 0.6 is 0 Å². The van der Waals surface area contributed by atoms with Gasteiger partial charge in [0.15, 0.2) is 0 Å². The van der Waals surface area contributed by atoms with Crippen LogP contribution in [0.3, 0.4) is 0 Å². The summed E-state index contributed by atoms with van der Waals surface area (Å²) in [6.07, 6.45) is -4.39. The van der Waals surface area contributed by atoms with E-state index in [1.807, 2.05) is 0 Å². The van der Waals surface area contributed by atoms with Gasteiger partial charge in [0.1, 0.15) is 0 Å². The van der Waals surface area contributed by atoms with E-state index in [0.717, 1.165) is 18.2 Å². The third-order valence-corrected chi connectivity index (χ3v) is 4.02. The van der Waals surface area contributed by atoms with Crippen molar-refractivity contribution < 1.29 is 26.3 Å². The second-order valence-corrected chi connectivity index (χ2v) is 5.88. The van der Waals surface area contributed by atoms with Crippen LogP contribution < -0.4 is 10.5 Å². The predicted molar refractivity (Wildman–Crippen MR) is 71.1 cm³/mol. The second-order valence-electron chi connectivity index (χ2n) is 4.15. The van der Waals surface area contributed by atoms with Gasteiger partial charge in [0.2, 0.25) is 10.0 Å². The minimum atomic E-state index is -4.73. The van der Waals surface area contributed by atoms with Gasteiger partial charge in [-0.1, -0.05) is 12.1 Å². The normalized spacial score (nSPS) is 12.6. The number of hydrogen-bond donors (Lipinski definition) is 2. The molecule has 0 spiro atoms. The van der Waals surface area contributed by atoms with Crippen LogP contribution in [0.15, 0.2) is 29.2 Å². The molecule has 3 N–H and O–H groups in total. The maximum Gasteiger partial charge on any atom is 0.417 e. The number of rotatable bonds is 8. The number of nitrogens with two attached hydrogens (primary N) is 1. The molecule has 0 aliphatic carbocycles. The van der Waals surface area contributed by atoms with Crippen molar-refractivity contribution in [3.8, 4) is 0 Å².